The van der Waals surface area contributed by atoms with E-state index >= 15 is 0 Å². The number of benzene rings is 16. The quantitative estimate of drug-likeness (QED) is 0.149. The highest BCUT2D eigenvalue weighted by Crippen LogP contribution is 2.45. The average molecular weight is 1140 g/mol. The number of aromatic nitrogens is 4. The smallest absolute Gasteiger partial charge is 0.0979 e. The molecule has 3 heterocycles. The van der Waals surface area contributed by atoms with Crippen LogP contribution in [0.25, 0.3) is 186 Å². The summed E-state index contributed by atoms with van der Waals surface area (Å²) < 4.78 is 4.97. The fourth-order valence-electron chi connectivity index (χ4n) is 14.9. The first-order valence-corrected chi connectivity index (χ1v) is 30.9. The summed E-state index contributed by atoms with van der Waals surface area (Å²) in [6.07, 6.45) is 1.99. The fraction of sp³-hybridized carbons (Fsp3) is 0. The molecular weight excluding hydrogens is 1090 g/mol. The zero-order chi connectivity index (χ0) is 59.0. The Labute approximate surface area is 518 Å². The van der Waals surface area contributed by atoms with Crippen LogP contribution in [0.15, 0.2) is 316 Å². The van der Waals surface area contributed by atoms with Crippen molar-refractivity contribution in [3.63, 3.8) is 0 Å². The lowest BCUT2D eigenvalue weighted by Gasteiger charge is -2.17. The molecule has 4 nitrogen and oxygen atoms in total. The van der Waals surface area contributed by atoms with Gasteiger partial charge in [0, 0.05) is 49.3 Å². The van der Waals surface area contributed by atoms with E-state index in [0.717, 1.165) is 71.9 Å². The molecule has 0 aliphatic rings. The Kier molecular flexibility index (Phi) is 11.0. The SMILES string of the molecule is c1ccc2c(-c3ccc4c(c3)c3cc(-c5cccc6ccccc56)ccc3n4-c3cc(-c4cnc5c6ccccc6c6ccccc6c5n4)cc(-n4c5ccc(-c6cccc7ccccc67)cc5c5cc(-c6cccc7ccccc67)ccc54)c3)cccc2c1. The van der Waals surface area contributed by atoms with Gasteiger partial charge in [0.15, 0.2) is 0 Å². The highest BCUT2D eigenvalue weighted by atomic mass is 15.0. The molecule has 0 aliphatic carbocycles. The summed E-state index contributed by atoms with van der Waals surface area (Å²) >= 11 is 0. The van der Waals surface area contributed by atoms with Gasteiger partial charge >= 0.3 is 0 Å². The summed E-state index contributed by atoms with van der Waals surface area (Å²) in [5.74, 6) is 0. The van der Waals surface area contributed by atoms with Crippen LogP contribution in [-0.4, -0.2) is 19.1 Å². The van der Waals surface area contributed by atoms with Gasteiger partial charge in [-0.25, -0.2) is 4.98 Å². The number of hydrogen-bond donors (Lipinski definition) is 0. The van der Waals surface area contributed by atoms with Crippen molar-refractivity contribution in [2.45, 2.75) is 0 Å². The number of rotatable bonds is 7. The third-order valence-electron chi connectivity index (χ3n) is 19.1. The van der Waals surface area contributed by atoms with Crippen LogP contribution in [0.1, 0.15) is 0 Å². The maximum absolute atomic E-state index is 5.72. The van der Waals surface area contributed by atoms with Gasteiger partial charge in [0.2, 0.25) is 0 Å². The van der Waals surface area contributed by atoms with E-state index in [4.69, 9.17) is 9.97 Å². The van der Waals surface area contributed by atoms with E-state index in [9.17, 15) is 0 Å². The minimum absolute atomic E-state index is 0.792. The van der Waals surface area contributed by atoms with Crippen LogP contribution in [0.3, 0.4) is 0 Å². The van der Waals surface area contributed by atoms with Crippen molar-refractivity contribution in [3.8, 4) is 67.1 Å². The third kappa shape index (κ3) is 7.75. The first-order chi connectivity index (χ1) is 44.6. The molecule has 0 saturated carbocycles. The largest absolute Gasteiger partial charge is 0.309 e. The van der Waals surface area contributed by atoms with Crippen molar-refractivity contribution in [1.29, 1.82) is 0 Å². The molecular formula is C86H52N4. The molecule has 416 valence electrons. The molecule has 4 heteroatoms. The van der Waals surface area contributed by atoms with Crippen molar-refractivity contribution < 1.29 is 0 Å². The molecule has 0 radical (unpaired) electrons. The van der Waals surface area contributed by atoms with E-state index in [0.29, 0.717) is 0 Å². The Morgan fingerprint density at radius 2 is 0.511 bits per heavy atom. The first kappa shape index (κ1) is 50.2. The average Bonchev–Trinajstić information content (AvgIpc) is 1.54. The minimum Gasteiger partial charge on any atom is -0.309 e. The molecule has 0 amide bonds. The molecule has 3 aromatic heterocycles. The molecule has 16 aromatic carbocycles. The van der Waals surface area contributed by atoms with Crippen molar-refractivity contribution in [2.75, 3.05) is 0 Å². The van der Waals surface area contributed by atoms with Crippen LogP contribution in [0.2, 0.25) is 0 Å². The Morgan fingerprint density at radius 3 is 0.867 bits per heavy atom. The van der Waals surface area contributed by atoms with Gasteiger partial charge in [-0.3, -0.25) is 4.98 Å². The molecule has 0 aliphatic heterocycles. The second-order valence-corrected chi connectivity index (χ2v) is 24.0. The van der Waals surface area contributed by atoms with Gasteiger partial charge in [-0.15, -0.1) is 0 Å². The molecule has 0 fully saturated rings. The van der Waals surface area contributed by atoms with Crippen molar-refractivity contribution >= 4 is 119 Å². The summed E-state index contributed by atoms with van der Waals surface area (Å²) in [5.41, 5.74) is 19.5. The Hall–Kier alpha value is -12.0. The molecule has 90 heavy (non-hydrogen) atoms. The molecule has 0 atom stereocenters. The summed E-state index contributed by atoms with van der Waals surface area (Å²) in [7, 11) is 0. The lowest BCUT2D eigenvalue weighted by Crippen LogP contribution is -2.01. The Morgan fingerprint density at radius 1 is 0.211 bits per heavy atom. The van der Waals surface area contributed by atoms with Crippen molar-refractivity contribution in [3.05, 3.63) is 316 Å². The zero-order valence-electron chi connectivity index (χ0n) is 48.8. The van der Waals surface area contributed by atoms with Gasteiger partial charge in [-0.05, 0) is 165 Å². The van der Waals surface area contributed by atoms with Crippen LogP contribution >= 0.6 is 0 Å². The number of hydrogen-bond acceptors (Lipinski definition) is 2. The molecule has 0 bridgehead atoms. The van der Waals surface area contributed by atoms with Gasteiger partial charge in [-0.1, -0.05) is 243 Å². The van der Waals surface area contributed by atoms with E-state index in [1.54, 1.807) is 0 Å². The third-order valence-corrected chi connectivity index (χ3v) is 19.1. The molecule has 0 spiro atoms. The van der Waals surface area contributed by atoms with E-state index in [1.807, 2.05) is 6.20 Å². The van der Waals surface area contributed by atoms with Crippen LogP contribution < -0.4 is 0 Å². The van der Waals surface area contributed by atoms with E-state index < -0.39 is 0 Å². The standard InChI is InChI=1S/C86H52N4/c1-5-25-64-53(17-1)21-13-33-68(64)57-37-41-81-76(47-57)77-48-58(69-34-14-22-54-18-2-6-26-65(54)69)38-42-82(77)89(81)62-45-61(80-52-87-85-74-31-11-9-29-72(74)73-30-10-12-32-75(73)86(85)88-80)46-63(51-62)90-83-43-39-59(70-35-15-23-55-19-3-7-27-66(55)70)49-78(83)79-50-60(40-44-84(79)90)71-36-16-24-56-20-4-8-28-67(56)71/h1-52H. The Bertz CT molecular complexity index is 5610. The van der Waals surface area contributed by atoms with Gasteiger partial charge in [0.25, 0.3) is 0 Å². The molecule has 0 unspecified atom stereocenters. The second-order valence-electron chi connectivity index (χ2n) is 24.0. The zero-order valence-corrected chi connectivity index (χ0v) is 48.8. The van der Waals surface area contributed by atoms with E-state index in [-0.39, 0.29) is 0 Å². The monoisotopic (exact) mass is 1140 g/mol. The van der Waals surface area contributed by atoms with Crippen LogP contribution in [-0.2, 0) is 0 Å². The lowest BCUT2D eigenvalue weighted by molar-refractivity contribution is 1.13. The molecule has 0 N–H and O–H groups in total. The highest BCUT2D eigenvalue weighted by molar-refractivity contribution is 6.23. The van der Waals surface area contributed by atoms with Gasteiger partial charge < -0.3 is 9.13 Å². The van der Waals surface area contributed by atoms with E-state index in [1.165, 1.54) is 115 Å². The summed E-state index contributed by atoms with van der Waals surface area (Å²) in [5, 5.41) is 19.0. The van der Waals surface area contributed by atoms with Gasteiger partial charge in [0.1, 0.15) is 0 Å². The van der Waals surface area contributed by atoms with Crippen LogP contribution in [0, 0.1) is 0 Å². The van der Waals surface area contributed by atoms with Crippen LogP contribution in [0.4, 0.5) is 0 Å². The summed E-state index contributed by atoms with van der Waals surface area (Å²) in [6.45, 7) is 0. The van der Waals surface area contributed by atoms with Gasteiger partial charge in [-0.2, -0.15) is 0 Å². The lowest BCUT2D eigenvalue weighted by atomic mass is 9.95. The maximum atomic E-state index is 5.72. The minimum atomic E-state index is 0.792. The van der Waals surface area contributed by atoms with Crippen molar-refractivity contribution in [2.24, 2.45) is 0 Å². The topological polar surface area (TPSA) is 35.6 Å². The first-order valence-electron chi connectivity index (χ1n) is 30.9. The maximum Gasteiger partial charge on any atom is 0.0979 e. The van der Waals surface area contributed by atoms with E-state index in [2.05, 4.69) is 319 Å². The van der Waals surface area contributed by atoms with Gasteiger partial charge in [0.05, 0.1) is 45.0 Å². The normalized spacial score (nSPS) is 12.0. The number of nitrogens with zero attached hydrogens (tertiary/aromatic N) is 4. The predicted molar refractivity (Wildman–Crippen MR) is 380 cm³/mol. The summed E-state index contributed by atoms with van der Waals surface area (Å²) in [6, 6.07) is 114. The van der Waals surface area contributed by atoms with Crippen LogP contribution in [0.5, 0.6) is 0 Å². The molecule has 0 saturated heterocycles. The fourth-order valence-corrected chi connectivity index (χ4v) is 14.9. The highest BCUT2D eigenvalue weighted by Gasteiger charge is 2.23. The number of fused-ring (bicyclic) bond motifs is 16. The predicted octanol–water partition coefficient (Wildman–Crippen LogP) is 23.1. The van der Waals surface area contributed by atoms with Crippen molar-refractivity contribution in [1.82, 2.24) is 19.1 Å². The second kappa shape index (κ2) is 19.8. The Balaban J connectivity index is 0.907. The molecule has 19 aromatic rings. The molecule has 19 rings (SSSR count). The summed E-state index contributed by atoms with van der Waals surface area (Å²) in [4.78, 5) is 11.1.